The van der Waals surface area contributed by atoms with Gasteiger partial charge in [-0.1, -0.05) is 34.1 Å². The maximum atomic E-state index is 11.0. The lowest BCUT2D eigenvalue weighted by Crippen LogP contribution is -2.03. The number of benzene rings is 2. The molecule has 0 saturated heterocycles. The molecular formula is C17H17BrO3. The van der Waals surface area contributed by atoms with Crippen molar-refractivity contribution in [2.75, 3.05) is 0 Å². The molecule has 110 valence electrons. The number of ether oxygens (including phenoxy) is 2. The van der Waals surface area contributed by atoms with Gasteiger partial charge in [-0.15, -0.1) is 0 Å². The van der Waals surface area contributed by atoms with E-state index in [0.717, 1.165) is 26.9 Å². The summed E-state index contributed by atoms with van der Waals surface area (Å²) < 4.78 is 11.9. The predicted octanol–water partition coefficient (Wildman–Crippen LogP) is 4.57. The van der Waals surface area contributed by atoms with Crippen molar-refractivity contribution < 1.29 is 14.3 Å². The third kappa shape index (κ3) is 4.08. The van der Waals surface area contributed by atoms with Crippen molar-refractivity contribution >= 4 is 21.9 Å². The van der Waals surface area contributed by atoms with Gasteiger partial charge in [0.1, 0.15) is 18.1 Å². The summed E-state index contributed by atoms with van der Waals surface area (Å²) in [6.45, 7) is 5.83. The van der Waals surface area contributed by atoms with Gasteiger partial charge < -0.3 is 9.47 Å². The second-order valence-corrected chi connectivity index (χ2v) is 5.71. The minimum atomic E-state index is -0.334. The second kappa shape index (κ2) is 6.76. The Morgan fingerprint density at radius 1 is 1.14 bits per heavy atom. The van der Waals surface area contributed by atoms with Crippen LogP contribution in [-0.4, -0.2) is 5.97 Å². The Morgan fingerprint density at radius 3 is 2.43 bits per heavy atom. The normalized spacial score (nSPS) is 10.3. The molecule has 0 atom stereocenters. The summed E-state index contributed by atoms with van der Waals surface area (Å²) in [4.78, 5) is 11.0. The van der Waals surface area contributed by atoms with Gasteiger partial charge in [0.25, 0.3) is 0 Å². The van der Waals surface area contributed by atoms with Gasteiger partial charge in [0.05, 0.1) is 0 Å². The van der Waals surface area contributed by atoms with Crippen molar-refractivity contribution in [1.82, 2.24) is 0 Å². The number of rotatable bonds is 4. The van der Waals surface area contributed by atoms with Crippen LogP contribution in [0.5, 0.6) is 11.5 Å². The summed E-state index contributed by atoms with van der Waals surface area (Å²) in [6, 6.07) is 11.4. The van der Waals surface area contributed by atoms with Crippen molar-refractivity contribution in [3.05, 3.63) is 57.6 Å². The van der Waals surface area contributed by atoms with Gasteiger partial charge in [-0.3, -0.25) is 4.79 Å². The molecule has 0 aromatic heterocycles. The molecule has 2 aromatic rings. The monoisotopic (exact) mass is 348 g/mol. The first-order valence-corrected chi connectivity index (χ1v) is 7.42. The van der Waals surface area contributed by atoms with E-state index in [0.29, 0.717) is 12.4 Å². The SMILES string of the molecule is CC(=O)Oc1ccc(Br)c(COc2c(C)cccc2C)c1. The minimum absolute atomic E-state index is 0.334. The summed E-state index contributed by atoms with van der Waals surface area (Å²) in [7, 11) is 0. The third-order valence-electron chi connectivity index (χ3n) is 3.06. The van der Waals surface area contributed by atoms with E-state index in [1.807, 2.05) is 38.1 Å². The van der Waals surface area contributed by atoms with E-state index >= 15 is 0 Å². The highest BCUT2D eigenvalue weighted by Gasteiger charge is 2.08. The molecule has 2 rings (SSSR count). The molecule has 0 N–H and O–H groups in total. The number of esters is 1. The minimum Gasteiger partial charge on any atom is -0.488 e. The van der Waals surface area contributed by atoms with Crippen LogP contribution in [0, 0.1) is 13.8 Å². The van der Waals surface area contributed by atoms with Crippen LogP contribution in [0.15, 0.2) is 40.9 Å². The van der Waals surface area contributed by atoms with Crippen molar-refractivity contribution in [3.63, 3.8) is 0 Å². The zero-order chi connectivity index (χ0) is 15.4. The van der Waals surface area contributed by atoms with Crippen LogP contribution in [0.25, 0.3) is 0 Å². The third-order valence-corrected chi connectivity index (χ3v) is 3.83. The van der Waals surface area contributed by atoms with Gasteiger partial charge in [-0.25, -0.2) is 0 Å². The summed E-state index contributed by atoms with van der Waals surface area (Å²) in [5.41, 5.74) is 3.13. The number of para-hydroxylation sites is 1. The van der Waals surface area contributed by atoms with E-state index in [2.05, 4.69) is 15.9 Å². The lowest BCUT2D eigenvalue weighted by molar-refractivity contribution is -0.131. The Hall–Kier alpha value is -1.81. The number of aryl methyl sites for hydroxylation is 2. The molecule has 3 nitrogen and oxygen atoms in total. The summed E-state index contributed by atoms with van der Waals surface area (Å²) >= 11 is 3.49. The molecule has 0 aliphatic carbocycles. The lowest BCUT2D eigenvalue weighted by atomic mass is 10.1. The molecule has 0 aliphatic heterocycles. The largest absolute Gasteiger partial charge is 0.488 e. The van der Waals surface area contributed by atoms with E-state index in [1.165, 1.54) is 6.92 Å². The number of hydrogen-bond acceptors (Lipinski definition) is 3. The average molecular weight is 349 g/mol. The van der Waals surface area contributed by atoms with Gasteiger partial charge in [-0.2, -0.15) is 0 Å². The Labute approximate surface area is 133 Å². The molecule has 0 saturated carbocycles. The first-order chi connectivity index (χ1) is 9.97. The van der Waals surface area contributed by atoms with Crippen LogP contribution in [0.3, 0.4) is 0 Å². The standard InChI is InChI=1S/C17H17BrO3/c1-11-5-4-6-12(2)17(11)20-10-14-9-15(21-13(3)19)7-8-16(14)18/h4-9H,10H2,1-3H3. The van der Waals surface area contributed by atoms with Crippen LogP contribution >= 0.6 is 15.9 Å². The van der Waals surface area contributed by atoms with E-state index in [-0.39, 0.29) is 5.97 Å². The molecule has 0 bridgehead atoms. The molecule has 0 unspecified atom stereocenters. The lowest BCUT2D eigenvalue weighted by Gasteiger charge is -2.13. The molecular weight excluding hydrogens is 332 g/mol. The van der Waals surface area contributed by atoms with Crippen LogP contribution < -0.4 is 9.47 Å². The van der Waals surface area contributed by atoms with Gasteiger partial charge in [0.2, 0.25) is 0 Å². The van der Waals surface area contributed by atoms with Gasteiger partial charge in [0, 0.05) is 17.0 Å². The predicted molar refractivity (Wildman–Crippen MR) is 85.7 cm³/mol. The highest BCUT2D eigenvalue weighted by Crippen LogP contribution is 2.27. The van der Waals surface area contributed by atoms with Crippen LogP contribution in [0.1, 0.15) is 23.6 Å². The van der Waals surface area contributed by atoms with Gasteiger partial charge in [-0.05, 0) is 43.2 Å². The first-order valence-electron chi connectivity index (χ1n) is 6.63. The van der Waals surface area contributed by atoms with Crippen molar-refractivity contribution in [2.45, 2.75) is 27.4 Å². The Bertz CT molecular complexity index is 645. The summed E-state index contributed by atoms with van der Waals surface area (Å²) in [6.07, 6.45) is 0. The fraction of sp³-hybridized carbons (Fsp3) is 0.235. The van der Waals surface area contributed by atoms with Crippen LogP contribution in [0.4, 0.5) is 0 Å². The zero-order valence-corrected chi connectivity index (χ0v) is 13.9. The average Bonchev–Trinajstić information content (AvgIpc) is 2.41. The molecule has 2 aromatic carbocycles. The smallest absolute Gasteiger partial charge is 0.308 e. The number of halogens is 1. The molecule has 0 fully saturated rings. The van der Waals surface area contributed by atoms with E-state index < -0.39 is 0 Å². The van der Waals surface area contributed by atoms with E-state index in [1.54, 1.807) is 12.1 Å². The molecule has 4 heteroatoms. The number of hydrogen-bond donors (Lipinski definition) is 0. The van der Waals surface area contributed by atoms with Crippen molar-refractivity contribution in [3.8, 4) is 11.5 Å². The number of carbonyl (C=O) groups excluding carboxylic acids is 1. The molecule has 0 heterocycles. The molecule has 0 aliphatic rings. The van der Waals surface area contributed by atoms with E-state index in [9.17, 15) is 4.79 Å². The fourth-order valence-electron chi connectivity index (χ4n) is 2.07. The van der Waals surface area contributed by atoms with Crippen LogP contribution in [0.2, 0.25) is 0 Å². The fourth-order valence-corrected chi connectivity index (χ4v) is 2.43. The Balaban J connectivity index is 2.18. The highest BCUT2D eigenvalue weighted by atomic mass is 79.9. The van der Waals surface area contributed by atoms with Crippen molar-refractivity contribution in [2.24, 2.45) is 0 Å². The number of carbonyl (C=O) groups is 1. The Morgan fingerprint density at radius 2 is 1.81 bits per heavy atom. The van der Waals surface area contributed by atoms with Gasteiger partial charge in [0.15, 0.2) is 0 Å². The summed E-state index contributed by atoms with van der Waals surface area (Å²) in [5.74, 6) is 1.08. The highest BCUT2D eigenvalue weighted by molar-refractivity contribution is 9.10. The molecule has 0 amide bonds. The Kier molecular flexibility index (Phi) is 5.02. The molecule has 21 heavy (non-hydrogen) atoms. The van der Waals surface area contributed by atoms with Crippen LogP contribution in [-0.2, 0) is 11.4 Å². The van der Waals surface area contributed by atoms with E-state index in [4.69, 9.17) is 9.47 Å². The quantitative estimate of drug-likeness (QED) is 0.599. The topological polar surface area (TPSA) is 35.5 Å². The van der Waals surface area contributed by atoms with Crippen molar-refractivity contribution in [1.29, 1.82) is 0 Å². The summed E-state index contributed by atoms with van der Waals surface area (Å²) in [5, 5.41) is 0. The zero-order valence-electron chi connectivity index (χ0n) is 12.3. The van der Waals surface area contributed by atoms with Gasteiger partial charge >= 0.3 is 5.97 Å². The maximum absolute atomic E-state index is 11.0. The molecule has 0 radical (unpaired) electrons. The maximum Gasteiger partial charge on any atom is 0.308 e. The first kappa shape index (κ1) is 15.6. The second-order valence-electron chi connectivity index (χ2n) is 4.86. The molecule has 0 spiro atoms.